The maximum Gasteiger partial charge on any atom is 0.143 e. The van der Waals surface area contributed by atoms with Gasteiger partial charge in [0.2, 0.25) is 0 Å². The summed E-state index contributed by atoms with van der Waals surface area (Å²) in [6.45, 7) is 4.47. The summed E-state index contributed by atoms with van der Waals surface area (Å²) in [5, 5.41) is 0. The highest BCUT2D eigenvalue weighted by Gasteiger charge is 2.08. The minimum absolute atomic E-state index is 0.222. The van der Waals surface area contributed by atoms with Crippen LogP contribution in [-0.4, -0.2) is 0 Å². The third-order valence-electron chi connectivity index (χ3n) is 7.27. The molecule has 0 aliphatic carbocycles. The molecule has 0 heterocycles. The first-order valence-electron chi connectivity index (χ1n) is 15.3. The van der Waals surface area contributed by atoms with E-state index in [2.05, 4.69) is 61.8 Å². The summed E-state index contributed by atoms with van der Waals surface area (Å²) in [4.78, 5) is 0. The molecule has 0 aromatic heterocycles. The van der Waals surface area contributed by atoms with Gasteiger partial charge in [-0.2, -0.15) is 0 Å². The van der Waals surface area contributed by atoms with Gasteiger partial charge in [0, 0.05) is 16.7 Å². The van der Waals surface area contributed by atoms with Gasteiger partial charge in [0.25, 0.3) is 0 Å². The summed E-state index contributed by atoms with van der Waals surface area (Å²) >= 11 is 0. The second-order valence-corrected chi connectivity index (χ2v) is 10.7. The number of hydrogen-bond donors (Lipinski definition) is 0. The average Bonchev–Trinajstić information content (AvgIpc) is 2.96. The van der Waals surface area contributed by atoms with Gasteiger partial charge in [-0.15, -0.1) is 0 Å². The Bertz CT molecular complexity index is 1250. The van der Waals surface area contributed by atoms with Crippen LogP contribution >= 0.6 is 0 Å². The fraction of sp³-hybridized carbons (Fsp3) is 0.421. The lowest BCUT2D eigenvalue weighted by atomic mass is 10.0. The van der Waals surface area contributed by atoms with E-state index < -0.39 is 11.6 Å². The van der Waals surface area contributed by atoms with Crippen LogP contribution in [0.2, 0.25) is 0 Å². The Kier molecular flexibility index (Phi) is 14.1. The maximum atomic E-state index is 14.7. The van der Waals surface area contributed by atoms with Crippen molar-refractivity contribution in [3.05, 3.63) is 106 Å². The summed E-state index contributed by atoms with van der Waals surface area (Å²) < 4.78 is 29.4. The molecule has 0 fully saturated rings. The molecular weight excluding hydrogens is 494 g/mol. The third kappa shape index (κ3) is 11.4. The van der Waals surface area contributed by atoms with E-state index in [1.165, 1.54) is 100 Å². The van der Waals surface area contributed by atoms with E-state index >= 15 is 0 Å². The lowest BCUT2D eigenvalue weighted by Crippen LogP contribution is -1.93. The predicted molar refractivity (Wildman–Crippen MR) is 165 cm³/mol. The monoisotopic (exact) mass is 538 g/mol. The first-order chi connectivity index (χ1) is 19.6. The summed E-state index contributed by atoms with van der Waals surface area (Å²) in [6, 6.07) is 18.6. The first-order valence-corrected chi connectivity index (χ1v) is 15.3. The molecule has 3 aromatic rings. The molecule has 0 nitrogen and oxygen atoms in total. The Morgan fingerprint density at radius 3 is 1.27 bits per heavy atom. The molecule has 3 aromatic carbocycles. The minimum atomic E-state index is -0.689. The molecule has 0 aliphatic heterocycles. The molecule has 0 unspecified atom stereocenters. The lowest BCUT2D eigenvalue weighted by molar-refractivity contribution is 0.577. The predicted octanol–water partition coefficient (Wildman–Crippen LogP) is 10.6. The van der Waals surface area contributed by atoms with Crippen LogP contribution in [0.1, 0.15) is 124 Å². The zero-order valence-corrected chi connectivity index (χ0v) is 24.4. The van der Waals surface area contributed by atoms with Gasteiger partial charge in [0.15, 0.2) is 0 Å². The van der Waals surface area contributed by atoms with Crippen LogP contribution < -0.4 is 0 Å². The first kappa shape index (κ1) is 31.2. The molecule has 0 bridgehead atoms. The Hall–Kier alpha value is -3.36. The zero-order valence-electron chi connectivity index (χ0n) is 24.4. The van der Waals surface area contributed by atoms with Gasteiger partial charge in [-0.3, -0.25) is 0 Å². The fourth-order valence-corrected chi connectivity index (χ4v) is 4.77. The van der Waals surface area contributed by atoms with Gasteiger partial charge in [-0.25, -0.2) is 8.78 Å². The van der Waals surface area contributed by atoms with Crippen molar-refractivity contribution in [3.8, 4) is 23.7 Å². The van der Waals surface area contributed by atoms with Gasteiger partial charge in [-0.1, -0.05) is 126 Å². The van der Waals surface area contributed by atoms with Gasteiger partial charge < -0.3 is 0 Å². The highest BCUT2D eigenvalue weighted by Crippen LogP contribution is 2.16. The highest BCUT2D eigenvalue weighted by molar-refractivity contribution is 5.49. The van der Waals surface area contributed by atoms with E-state index in [1.54, 1.807) is 0 Å². The third-order valence-corrected chi connectivity index (χ3v) is 7.27. The Morgan fingerprint density at radius 2 is 0.825 bits per heavy atom. The molecule has 2 heteroatoms. The number of benzene rings is 3. The van der Waals surface area contributed by atoms with Crippen LogP contribution in [0.25, 0.3) is 0 Å². The van der Waals surface area contributed by atoms with Crippen molar-refractivity contribution in [3.63, 3.8) is 0 Å². The molecule has 0 aliphatic rings. The van der Waals surface area contributed by atoms with E-state index in [0.717, 1.165) is 24.0 Å². The summed E-state index contributed by atoms with van der Waals surface area (Å²) in [5.41, 5.74) is 4.23. The molecule has 0 saturated heterocycles. The molecule has 0 radical (unpaired) electrons. The summed E-state index contributed by atoms with van der Waals surface area (Å²) in [6.07, 6.45) is 17.5. The maximum absolute atomic E-state index is 14.7. The summed E-state index contributed by atoms with van der Waals surface area (Å²) in [5.74, 6) is 10.1. The molecule has 40 heavy (non-hydrogen) atoms. The van der Waals surface area contributed by atoms with Crippen molar-refractivity contribution >= 4 is 0 Å². The van der Waals surface area contributed by atoms with Crippen molar-refractivity contribution in [1.82, 2.24) is 0 Å². The Balaban J connectivity index is 1.53. The summed E-state index contributed by atoms with van der Waals surface area (Å²) in [7, 11) is 0. The molecule has 0 amide bonds. The van der Waals surface area contributed by atoms with Crippen LogP contribution in [0, 0.1) is 35.3 Å². The van der Waals surface area contributed by atoms with Crippen LogP contribution in [0.5, 0.6) is 0 Å². The quantitative estimate of drug-likeness (QED) is 0.141. The Morgan fingerprint density at radius 1 is 0.450 bits per heavy atom. The van der Waals surface area contributed by atoms with Crippen LogP contribution in [-0.2, 0) is 12.8 Å². The van der Waals surface area contributed by atoms with Crippen molar-refractivity contribution < 1.29 is 8.78 Å². The molecule has 3 rings (SSSR count). The SMILES string of the molecule is CCCCCCCCc1ccc(C#Cc2cc(F)c(C#Cc3ccc(CCCCCCCC)cc3)c(F)c2)cc1. The molecule has 210 valence electrons. The number of rotatable bonds is 14. The normalized spacial score (nSPS) is 10.5. The highest BCUT2D eigenvalue weighted by atomic mass is 19.1. The number of halogens is 2. The smallest absolute Gasteiger partial charge is 0.143 e. The second-order valence-electron chi connectivity index (χ2n) is 10.7. The van der Waals surface area contributed by atoms with E-state index in [1.807, 2.05) is 24.3 Å². The van der Waals surface area contributed by atoms with Crippen molar-refractivity contribution in [2.24, 2.45) is 0 Å². The molecular formula is C38H44F2. The molecule has 0 spiro atoms. The van der Waals surface area contributed by atoms with Gasteiger partial charge in [-0.05, 0) is 73.2 Å². The largest absolute Gasteiger partial charge is 0.205 e. The number of unbranched alkanes of at least 4 members (excludes halogenated alkanes) is 10. The lowest BCUT2D eigenvalue weighted by Gasteiger charge is -2.02. The van der Waals surface area contributed by atoms with Gasteiger partial charge in [0.1, 0.15) is 11.6 Å². The van der Waals surface area contributed by atoms with Crippen molar-refractivity contribution in [1.29, 1.82) is 0 Å². The van der Waals surface area contributed by atoms with Crippen molar-refractivity contribution in [2.75, 3.05) is 0 Å². The van der Waals surface area contributed by atoms with E-state index in [4.69, 9.17) is 0 Å². The van der Waals surface area contributed by atoms with Gasteiger partial charge >= 0.3 is 0 Å². The second kappa shape index (κ2) is 18.1. The van der Waals surface area contributed by atoms with E-state index in [0.29, 0.717) is 5.56 Å². The number of hydrogen-bond acceptors (Lipinski definition) is 0. The molecule has 0 saturated carbocycles. The Labute approximate surface area is 241 Å². The molecule has 0 N–H and O–H groups in total. The zero-order chi connectivity index (χ0) is 28.4. The topological polar surface area (TPSA) is 0 Å². The van der Waals surface area contributed by atoms with Crippen LogP contribution in [0.3, 0.4) is 0 Å². The van der Waals surface area contributed by atoms with Crippen LogP contribution in [0.15, 0.2) is 60.7 Å². The average molecular weight is 539 g/mol. The van der Waals surface area contributed by atoms with Crippen LogP contribution in [0.4, 0.5) is 8.78 Å². The standard InChI is InChI=1S/C38H44F2/c1-3-5-7-9-11-13-15-31-17-21-33(22-18-31)25-26-35-29-37(39)36(38(40)30-35)28-27-34-23-19-32(20-24-34)16-14-12-10-8-6-4-2/h17-24,29-30H,3-16H2,1-2H3. The van der Waals surface area contributed by atoms with E-state index in [9.17, 15) is 8.78 Å². The fourth-order valence-electron chi connectivity index (χ4n) is 4.77. The number of aryl methyl sites for hydroxylation is 2. The van der Waals surface area contributed by atoms with E-state index in [-0.39, 0.29) is 5.56 Å². The van der Waals surface area contributed by atoms with Crippen molar-refractivity contribution in [2.45, 2.75) is 104 Å². The molecule has 0 atom stereocenters. The minimum Gasteiger partial charge on any atom is -0.205 e. The van der Waals surface area contributed by atoms with Gasteiger partial charge in [0.05, 0.1) is 5.56 Å².